The number of carbonyl (C=O) groups is 2. The molecule has 0 fully saturated rings. The molecule has 0 bridgehead atoms. The third kappa shape index (κ3) is 5.06. The van der Waals surface area contributed by atoms with Gasteiger partial charge in [0.15, 0.2) is 6.61 Å². The summed E-state index contributed by atoms with van der Waals surface area (Å²) in [7, 11) is 0. The molecule has 1 aromatic carbocycles. The Morgan fingerprint density at radius 1 is 1.22 bits per heavy atom. The van der Waals surface area contributed by atoms with Gasteiger partial charge in [-0.25, -0.2) is 4.79 Å². The summed E-state index contributed by atoms with van der Waals surface area (Å²) in [4.78, 5) is 24.4. The molecular weight excluding hydrogens is 344 g/mol. The van der Waals surface area contributed by atoms with Gasteiger partial charge in [-0.3, -0.25) is 4.79 Å². The molecule has 0 spiro atoms. The molecule has 1 amide bonds. The van der Waals surface area contributed by atoms with E-state index in [1.807, 2.05) is 30.3 Å². The quantitative estimate of drug-likeness (QED) is 0.594. The van der Waals surface area contributed by atoms with Crippen molar-refractivity contribution >= 4 is 11.9 Å². The average Bonchev–Trinajstić information content (AvgIpc) is 3.09. The van der Waals surface area contributed by atoms with Crippen molar-refractivity contribution in [3.05, 3.63) is 53.3 Å². The lowest BCUT2D eigenvalue weighted by molar-refractivity contribution is -0.124. The molecule has 0 saturated heterocycles. The summed E-state index contributed by atoms with van der Waals surface area (Å²) in [5, 5.41) is 6.75. The van der Waals surface area contributed by atoms with Crippen LogP contribution < -0.4 is 5.32 Å². The summed E-state index contributed by atoms with van der Waals surface area (Å²) in [6, 6.07) is 9.25. The zero-order valence-electron chi connectivity index (χ0n) is 15.5. The molecule has 0 aliphatic heterocycles. The highest BCUT2D eigenvalue weighted by Gasteiger charge is 2.23. The van der Waals surface area contributed by atoms with Crippen LogP contribution in [0.15, 0.2) is 46.5 Å². The second-order valence-corrected chi connectivity index (χ2v) is 6.61. The number of ether oxygens (including phenoxy) is 1. The van der Waals surface area contributed by atoms with Gasteiger partial charge in [0.2, 0.25) is 0 Å². The van der Waals surface area contributed by atoms with E-state index in [0.29, 0.717) is 18.0 Å². The minimum absolute atomic E-state index is 0.251. The predicted octanol–water partition coefficient (Wildman–Crippen LogP) is 3.81. The first-order valence-electron chi connectivity index (χ1n) is 9.28. The van der Waals surface area contributed by atoms with Crippen molar-refractivity contribution in [2.24, 2.45) is 0 Å². The van der Waals surface area contributed by atoms with Gasteiger partial charge in [-0.2, -0.15) is 0 Å². The van der Waals surface area contributed by atoms with E-state index in [1.54, 1.807) is 6.92 Å². The zero-order chi connectivity index (χ0) is 19.1. The van der Waals surface area contributed by atoms with Crippen LogP contribution in [-0.4, -0.2) is 30.2 Å². The molecule has 6 nitrogen and oxygen atoms in total. The van der Waals surface area contributed by atoms with Crippen LogP contribution in [0, 0.1) is 6.92 Å². The van der Waals surface area contributed by atoms with Crippen LogP contribution in [0.3, 0.4) is 0 Å². The van der Waals surface area contributed by atoms with Crippen LogP contribution in [-0.2, 0) is 9.53 Å². The summed E-state index contributed by atoms with van der Waals surface area (Å²) in [5.74, 6) is -0.559. The Kier molecular flexibility index (Phi) is 6.41. The first-order chi connectivity index (χ1) is 13.1. The van der Waals surface area contributed by atoms with E-state index in [9.17, 15) is 9.59 Å². The molecule has 1 aliphatic rings. The Morgan fingerprint density at radius 2 is 2.04 bits per heavy atom. The van der Waals surface area contributed by atoms with Gasteiger partial charge in [-0.15, -0.1) is 0 Å². The second kappa shape index (κ2) is 9.16. The molecule has 0 saturated carbocycles. The number of hydrogen-bond acceptors (Lipinski definition) is 5. The zero-order valence-corrected chi connectivity index (χ0v) is 15.5. The summed E-state index contributed by atoms with van der Waals surface area (Å²) < 4.78 is 10.3. The number of nitrogens with one attached hydrogen (secondary N) is 1. The molecule has 0 atom stereocenters. The fourth-order valence-corrected chi connectivity index (χ4v) is 3.15. The second-order valence-electron chi connectivity index (χ2n) is 6.61. The highest BCUT2D eigenvalue weighted by atomic mass is 16.5. The highest BCUT2D eigenvalue weighted by Crippen LogP contribution is 2.25. The Bertz CT molecular complexity index is 824. The smallest absolute Gasteiger partial charge is 0.344 e. The molecular formula is C21H24N2O4. The molecule has 6 heteroatoms. The number of allylic oxidation sites excluding steroid dienone is 1. The minimum Gasteiger partial charge on any atom is -0.452 e. The van der Waals surface area contributed by atoms with E-state index in [4.69, 9.17) is 9.26 Å². The molecule has 0 radical (unpaired) electrons. The number of esters is 1. The fraction of sp³-hybridized carbons (Fsp3) is 0.381. The number of benzene rings is 1. The maximum Gasteiger partial charge on any atom is 0.344 e. The van der Waals surface area contributed by atoms with Crippen molar-refractivity contribution in [2.45, 2.75) is 39.0 Å². The number of carbonyl (C=O) groups excluding carboxylic acids is 2. The lowest BCUT2D eigenvalue weighted by atomic mass is 9.97. The van der Waals surface area contributed by atoms with E-state index < -0.39 is 5.97 Å². The normalized spacial score (nSPS) is 13.7. The van der Waals surface area contributed by atoms with Gasteiger partial charge >= 0.3 is 5.97 Å². The molecule has 3 rings (SSSR count). The van der Waals surface area contributed by atoms with Crippen LogP contribution in [0.5, 0.6) is 0 Å². The van der Waals surface area contributed by atoms with Crippen molar-refractivity contribution < 1.29 is 18.8 Å². The standard InChI is InChI=1S/C21H24N2O4/c1-15-19(20(23-27-15)17-10-6-3-7-11-17)21(25)26-14-18(24)22-13-12-16-8-4-2-5-9-16/h3,6-8,10-11H,2,4-5,9,12-14H2,1H3,(H,22,24). The van der Waals surface area contributed by atoms with Crippen LogP contribution in [0.4, 0.5) is 0 Å². The Hall–Kier alpha value is -2.89. The maximum atomic E-state index is 12.4. The van der Waals surface area contributed by atoms with E-state index in [-0.39, 0.29) is 18.1 Å². The molecule has 0 unspecified atom stereocenters. The van der Waals surface area contributed by atoms with Crippen molar-refractivity contribution in [1.29, 1.82) is 0 Å². The van der Waals surface area contributed by atoms with E-state index in [2.05, 4.69) is 16.5 Å². The van der Waals surface area contributed by atoms with E-state index in [0.717, 1.165) is 24.8 Å². The molecule has 27 heavy (non-hydrogen) atoms. The minimum atomic E-state index is -0.613. The van der Waals surface area contributed by atoms with Gasteiger partial charge in [0.1, 0.15) is 17.0 Å². The van der Waals surface area contributed by atoms with Crippen LogP contribution in [0.1, 0.15) is 48.2 Å². The van der Waals surface area contributed by atoms with Gasteiger partial charge in [0.25, 0.3) is 5.91 Å². The van der Waals surface area contributed by atoms with Crippen molar-refractivity contribution in [3.8, 4) is 11.3 Å². The van der Waals surface area contributed by atoms with Crippen LogP contribution in [0.2, 0.25) is 0 Å². The van der Waals surface area contributed by atoms with Gasteiger partial charge in [0, 0.05) is 12.1 Å². The molecule has 1 N–H and O–H groups in total. The van der Waals surface area contributed by atoms with Crippen molar-refractivity contribution in [3.63, 3.8) is 0 Å². The van der Waals surface area contributed by atoms with Gasteiger partial charge in [0.05, 0.1) is 0 Å². The van der Waals surface area contributed by atoms with E-state index >= 15 is 0 Å². The van der Waals surface area contributed by atoms with Crippen LogP contribution in [0.25, 0.3) is 11.3 Å². The predicted molar refractivity (Wildman–Crippen MR) is 101 cm³/mol. The Morgan fingerprint density at radius 3 is 2.78 bits per heavy atom. The molecule has 2 aromatic rings. The summed E-state index contributed by atoms with van der Waals surface area (Å²) >= 11 is 0. The summed E-state index contributed by atoms with van der Waals surface area (Å²) in [5.41, 5.74) is 2.82. The first kappa shape index (κ1) is 18.9. The van der Waals surface area contributed by atoms with Crippen LogP contribution >= 0.6 is 0 Å². The molecule has 1 heterocycles. The fourth-order valence-electron chi connectivity index (χ4n) is 3.15. The maximum absolute atomic E-state index is 12.4. The average molecular weight is 368 g/mol. The topological polar surface area (TPSA) is 81.4 Å². The SMILES string of the molecule is Cc1onc(-c2ccccc2)c1C(=O)OCC(=O)NCCC1=CCCCC1. The van der Waals surface area contributed by atoms with Crippen molar-refractivity contribution in [2.75, 3.05) is 13.2 Å². The number of nitrogens with zero attached hydrogens (tertiary/aromatic N) is 1. The third-order valence-corrected chi connectivity index (χ3v) is 4.60. The number of aromatic nitrogens is 1. The summed E-state index contributed by atoms with van der Waals surface area (Å²) in [6.07, 6.45) is 7.82. The lowest BCUT2D eigenvalue weighted by Crippen LogP contribution is -2.30. The Balaban J connectivity index is 1.51. The van der Waals surface area contributed by atoms with Gasteiger partial charge in [-0.05, 0) is 39.0 Å². The molecule has 1 aliphatic carbocycles. The highest BCUT2D eigenvalue weighted by molar-refractivity contribution is 5.98. The number of hydrogen-bond donors (Lipinski definition) is 1. The summed E-state index contributed by atoms with van der Waals surface area (Å²) in [6.45, 7) is 1.88. The number of aryl methyl sites for hydroxylation is 1. The number of amides is 1. The largest absolute Gasteiger partial charge is 0.452 e. The lowest BCUT2D eigenvalue weighted by Gasteiger charge is -2.13. The third-order valence-electron chi connectivity index (χ3n) is 4.60. The van der Waals surface area contributed by atoms with E-state index in [1.165, 1.54) is 18.4 Å². The molecule has 1 aromatic heterocycles. The van der Waals surface area contributed by atoms with Gasteiger partial charge in [-0.1, -0.05) is 47.1 Å². The molecule has 142 valence electrons. The van der Waals surface area contributed by atoms with Crippen molar-refractivity contribution in [1.82, 2.24) is 10.5 Å². The number of rotatable bonds is 7. The van der Waals surface area contributed by atoms with Gasteiger partial charge < -0.3 is 14.6 Å². The monoisotopic (exact) mass is 368 g/mol. The first-order valence-corrected chi connectivity index (χ1v) is 9.28. The Labute approximate surface area is 158 Å².